The maximum absolute atomic E-state index is 8.68. The fourth-order valence-corrected chi connectivity index (χ4v) is 1.07. The summed E-state index contributed by atoms with van der Waals surface area (Å²) in [5.41, 5.74) is 3.56. The largest absolute Gasteiger partial charge is 0.392 e. The van der Waals surface area contributed by atoms with Crippen molar-refractivity contribution in [2.75, 3.05) is 6.61 Å². The van der Waals surface area contributed by atoms with Crippen LogP contribution in [0, 0.1) is 6.92 Å². The fraction of sp³-hybridized carbons (Fsp3) is 0.273. The van der Waals surface area contributed by atoms with Crippen molar-refractivity contribution >= 4 is 5.57 Å². The highest BCUT2D eigenvalue weighted by Crippen LogP contribution is 2.13. The lowest BCUT2D eigenvalue weighted by Gasteiger charge is -2.00. The third kappa shape index (κ3) is 2.21. The molecule has 0 heterocycles. The molecular formula is C11H14O. The van der Waals surface area contributed by atoms with Crippen LogP contribution >= 0.6 is 0 Å². The van der Waals surface area contributed by atoms with Crippen LogP contribution in [0.4, 0.5) is 0 Å². The molecule has 1 rings (SSSR count). The van der Waals surface area contributed by atoms with E-state index in [9.17, 15) is 0 Å². The number of aliphatic hydroxyl groups is 1. The minimum Gasteiger partial charge on any atom is -0.392 e. The van der Waals surface area contributed by atoms with Crippen molar-refractivity contribution in [2.24, 2.45) is 0 Å². The summed E-state index contributed by atoms with van der Waals surface area (Å²) in [6.07, 6.45) is 1.81. The van der Waals surface area contributed by atoms with Crippen molar-refractivity contribution in [3.63, 3.8) is 0 Å². The quantitative estimate of drug-likeness (QED) is 0.708. The Hall–Kier alpha value is -1.08. The monoisotopic (exact) mass is 162 g/mol. The molecule has 0 aliphatic rings. The summed E-state index contributed by atoms with van der Waals surface area (Å²) >= 11 is 0. The van der Waals surface area contributed by atoms with Gasteiger partial charge >= 0.3 is 0 Å². The maximum atomic E-state index is 8.68. The first-order chi connectivity index (χ1) is 5.74. The molecule has 0 saturated heterocycles. The van der Waals surface area contributed by atoms with Crippen LogP contribution < -0.4 is 0 Å². The molecule has 1 heteroatoms. The summed E-state index contributed by atoms with van der Waals surface area (Å²) in [5, 5.41) is 8.68. The van der Waals surface area contributed by atoms with E-state index in [1.165, 1.54) is 11.1 Å². The molecule has 1 aromatic rings. The lowest BCUT2D eigenvalue weighted by Crippen LogP contribution is -1.82. The molecule has 0 aliphatic heterocycles. The molecule has 0 unspecified atom stereocenters. The Morgan fingerprint density at radius 1 is 1.33 bits per heavy atom. The van der Waals surface area contributed by atoms with Crippen molar-refractivity contribution in [1.82, 2.24) is 0 Å². The molecule has 0 radical (unpaired) electrons. The molecule has 0 fully saturated rings. The summed E-state index contributed by atoms with van der Waals surface area (Å²) in [7, 11) is 0. The van der Waals surface area contributed by atoms with Crippen LogP contribution in [-0.2, 0) is 0 Å². The molecule has 0 spiro atoms. The van der Waals surface area contributed by atoms with Gasteiger partial charge in [0.05, 0.1) is 6.61 Å². The smallest absolute Gasteiger partial charge is 0.0618 e. The van der Waals surface area contributed by atoms with E-state index >= 15 is 0 Å². The Balaban J connectivity index is 2.89. The van der Waals surface area contributed by atoms with Gasteiger partial charge in [-0.25, -0.2) is 0 Å². The van der Waals surface area contributed by atoms with Crippen molar-refractivity contribution in [3.05, 3.63) is 41.5 Å². The number of aliphatic hydroxyl groups excluding tert-OH is 1. The van der Waals surface area contributed by atoms with Gasteiger partial charge in [0.2, 0.25) is 0 Å². The zero-order valence-corrected chi connectivity index (χ0v) is 7.54. The Bertz CT molecular complexity index is 270. The molecule has 1 aromatic carbocycles. The van der Waals surface area contributed by atoms with E-state index in [0.717, 1.165) is 5.57 Å². The summed E-state index contributed by atoms with van der Waals surface area (Å²) in [5.74, 6) is 0. The predicted molar refractivity (Wildman–Crippen MR) is 51.9 cm³/mol. The minimum absolute atomic E-state index is 0.111. The Labute approximate surface area is 73.4 Å². The van der Waals surface area contributed by atoms with Crippen LogP contribution in [0.5, 0.6) is 0 Å². The Kier molecular flexibility index (Phi) is 3.06. The molecule has 0 saturated carbocycles. The van der Waals surface area contributed by atoms with Crippen LogP contribution in [0.25, 0.3) is 5.57 Å². The van der Waals surface area contributed by atoms with Crippen molar-refractivity contribution < 1.29 is 5.11 Å². The molecule has 0 aliphatic carbocycles. The van der Waals surface area contributed by atoms with Crippen LogP contribution in [0.3, 0.4) is 0 Å². The van der Waals surface area contributed by atoms with Gasteiger partial charge in [-0.3, -0.25) is 0 Å². The second-order valence-corrected chi connectivity index (χ2v) is 2.94. The third-order valence-electron chi connectivity index (χ3n) is 1.90. The number of rotatable bonds is 2. The number of hydrogen-bond acceptors (Lipinski definition) is 1. The summed E-state index contributed by atoms with van der Waals surface area (Å²) in [4.78, 5) is 0. The van der Waals surface area contributed by atoms with Gasteiger partial charge in [-0.2, -0.15) is 0 Å². The van der Waals surface area contributed by atoms with Crippen molar-refractivity contribution in [2.45, 2.75) is 13.8 Å². The zero-order chi connectivity index (χ0) is 8.97. The summed E-state index contributed by atoms with van der Waals surface area (Å²) < 4.78 is 0. The second-order valence-electron chi connectivity index (χ2n) is 2.94. The van der Waals surface area contributed by atoms with Crippen LogP contribution in [-0.4, -0.2) is 11.7 Å². The Morgan fingerprint density at radius 2 is 1.92 bits per heavy atom. The first-order valence-electron chi connectivity index (χ1n) is 4.08. The van der Waals surface area contributed by atoms with Gasteiger partial charge in [0.1, 0.15) is 0 Å². The third-order valence-corrected chi connectivity index (χ3v) is 1.90. The maximum Gasteiger partial charge on any atom is 0.0618 e. The van der Waals surface area contributed by atoms with Gasteiger partial charge < -0.3 is 5.11 Å². The average Bonchev–Trinajstić information content (AvgIpc) is 2.06. The lowest BCUT2D eigenvalue weighted by molar-refractivity contribution is 0.343. The van der Waals surface area contributed by atoms with Gasteiger partial charge in [0.15, 0.2) is 0 Å². The highest BCUT2D eigenvalue weighted by atomic mass is 16.2. The van der Waals surface area contributed by atoms with E-state index in [2.05, 4.69) is 31.2 Å². The van der Waals surface area contributed by atoms with Gasteiger partial charge in [-0.1, -0.05) is 35.9 Å². The summed E-state index contributed by atoms with van der Waals surface area (Å²) in [6.45, 7) is 4.18. The molecular weight excluding hydrogens is 148 g/mol. The van der Waals surface area contributed by atoms with Crippen LogP contribution in [0.15, 0.2) is 30.3 Å². The van der Waals surface area contributed by atoms with Crippen molar-refractivity contribution in [3.8, 4) is 0 Å². The molecule has 0 amide bonds. The zero-order valence-electron chi connectivity index (χ0n) is 7.54. The highest BCUT2D eigenvalue weighted by molar-refractivity contribution is 5.63. The fourth-order valence-electron chi connectivity index (χ4n) is 1.07. The van der Waals surface area contributed by atoms with E-state index in [4.69, 9.17) is 5.11 Å². The predicted octanol–water partition coefficient (Wildman–Crippen LogP) is 2.39. The van der Waals surface area contributed by atoms with Crippen LogP contribution in [0.1, 0.15) is 18.1 Å². The van der Waals surface area contributed by atoms with E-state index < -0.39 is 0 Å². The molecule has 1 N–H and O–H groups in total. The first kappa shape index (κ1) is 9.01. The van der Waals surface area contributed by atoms with Crippen molar-refractivity contribution in [1.29, 1.82) is 0 Å². The molecule has 0 atom stereocenters. The second kappa shape index (κ2) is 4.07. The van der Waals surface area contributed by atoms with Gasteiger partial charge in [-0.15, -0.1) is 0 Å². The van der Waals surface area contributed by atoms with Gasteiger partial charge in [0.25, 0.3) is 0 Å². The van der Waals surface area contributed by atoms with Gasteiger partial charge in [0, 0.05) is 0 Å². The normalized spacial score (nSPS) is 11.8. The molecule has 0 bridgehead atoms. The molecule has 1 nitrogen and oxygen atoms in total. The number of hydrogen-bond donors (Lipinski definition) is 1. The number of aryl methyl sites for hydroxylation is 1. The van der Waals surface area contributed by atoms with Gasteiger partial charge in [-0.05, 0) is 25.0 Å². The highest BCUT2D eigenvalue weighted by Gasteiger charge is 1.92. The number of allylic oxidation sites excluding steroid dienone is 1. The van der Waals surface area contributed by atoms with E-state index in [1.54, 1.807) is 0 Å². The number of benzene rings is 1. The SMILES string of the molecule is C/C(=C\CO)c1ccc(C)cc1. The topological polar surface area (TPSA) is 20.2 Å². The van der Waals surface area contributed by atoms with Crippen LogP contribution in [0.2, 0.25) is 0 Å². The first-order valence-corrected chi connectivity index (χ1v) is 4.08. The lowest BCUT2D eigenvalue weighted by atomic mass is 10.1. The average molecular weight is 162 g/mol. The standard InChI is InChI=1S/C11H14O/c1-9-3-5-11(6-4-9)10(2)7-8-12/h3-7,12H,8H2,1-2H3/b10-7+. The van der Waals surface area contributed by atoms with E-state index in [1.807, 2.05) is 13.0 Å². The molecule has 64 valence electrons. The minimum atomic E-state index is 0.111. The summed E-state index contributed by atoms with van der Waals surface area (Å²) in [6, 6.07) is 8.28. The Morgan fingerprint density at radius 3 is 2.42 bits per heavy atom. The van der Waals surface area contributed by atoms with E-state index in [-0.39, 0.29) is 6.61 Å². The molecule has 0 aromatic heterocycles. The molecule has 12 heavy (non-hydrogen) atoms. The van der Waals surface area contributed by atoms with E-state index in [0.29, 0.717) is 0 Å².